The van der Waals surface area contributed by atoms with Crippen LogP contribution in [-0.2, 0) is 31.0 Å². The molecule has 2 amide bonds. The lowest BCUT2D eigenvalue weighted by Gasteiger charge is -2.49. The van der Waals surface area contributed by atoms with Gasteiger partial charge in [0, 0.05) is 23.3 Å². The van der Waals surface area contributed by atoms with Gasteiger partial charge < -0.3 is 20.6 Å². The van der Waals surface area contributed by atoms with Gasteiger partial charge in [0.25, 0.3) is 17.9 Å². The highest BCUT2D eigenvalue weighted by atomic mass is 32.2. The number of hydrogen-bond donors (Lipinski definition) is 2. The lowest BCUT2D eigenvalue weighted by atomic mass is 10.0. The molecular weight excluding hydrogens is 637 g/mol. The predicted molar refractivity (Wildman–Crippen MR) is 179 cm³/mol. The van der Waals surface area contributed by atoms with Crippen LogP contribution in [0.4, 0.5) is 5.13 Å². The maximum atomic E-state index is 13.8. The number of aromatic nitrogens is 2. The largest absolute Gasteiger partial charge is 0.448 e. The molecule has 2 aromatic carbocycles. The first kappa shape index (κ1) is 31.7. The van der Waals surface area contributed by atoms with Crippen molar-refractivity contribution in [3.05, 3.63) is 137 Å². The smallest absolute Gasteiger partial charge is 0.356 e. The van der Waals surface area contributed by atoms with Crippen LogP contribution in [0.25, 0.3) is 0 Å². The summed E-state index contributed by atoms with van der Waals surface area (Å²) in [6, 6.07) is 23.5. The number of allylic oxidation sites excluding steroid dienone is 1. The zero-order chi connectivity index (χ0) is 32.9. The van der Waals surface area contributed by atoms with Crippen molar-refractivity contribution in [1.29, 1.82) is 0 Å². The van der Waals surface area contributed by atoms with E-state index in [4.69, 9.17) is 15.3 Å². The Morgan fingerprint density at radius 1 is 1.09 bits per heavy atom. The standard InChI is InChI=1S/C34H30N6O5S2/c1-3-21-19-46-32-27(38-26(41)18-36-45-30(24-20-47-34(35)37-24)25-16-10-11-17-39(25)2)31(42)40(32)28(21)33(43)44-29(22-12-6-4-7-13-22)23-14-8-5-9-15-23/h3-18,20,27,29-30,32H,1,19H2,2H3,(H2-,35,37,38,41)/p+1/t27?,30?,32-/m0/s1. The van der Waals surface area contributed by atoms with Gasteiger partial charge in [-0.15, -0.1) is 23.1 Å². The molecule has 238 valence electrons. The summed E-state index contributed by atoms with van der Waals surface area (Å²) in [5, 5.41) is 8.24. The first-order valence-corrected chi connectivity index (χ1v) is 16.5. The van der Waals surface area contributed by atoms with Gasteiger partial charge >= 0.3 is 5.97 Å². The Kier molecular flexibility index (Phi) is 9.45. The number of carbonyl (C=O) groups excluding carboxylic acids is 3. The van der Waals surface area contributed by atoms with Crippen molar-refractivity contribution < 1.29 is 28.5 Å². The molecule has 13 heteroatoms. The quantitative estimate of drug-likeness (QED) is 0.0810. The molecule has 0 spiro atoms. The maximum Gasteiger partial charge on any atom is 0.356 e. The van der Waals surface area contributed by atoms with Crippen molar-refractivity contribution in [3.63, 3.8) is 0 Å². The summed E-state index contributed by atoms with van der Waals surface area (Å²) >= 11 is 2.68. The lowest BCUT2D eigenvalue weighted by Crippen LogP contribution is -2.70. The van der Waals surface area contributed by atoms with Gasteiger partial charge in [-0.25, -0.2) is 14.3 Å². The number of oxime groups is 1. The molecule has 2 aromatic heterocycles. The summed E-state index contributed by atoms with van der Waals surface area (Å²) in [6.45, 7) is 3.86. The minimum atomic E-state index is -0.881. The van der Waals surface area contributed by atoms with Crippen molar-refractivity contribution in [3.8, 4) is 0 Å². The first-order valence-electron chi connectivity index (χ1n) is 14.6. The van der Waals surface area contributed by atoms with E-state index in [-0.39, 0.29) is 5.70 Å². The third-order valence-corrected chi connectivity index (χ3v) is 9.67. The predicted octanol–water partition coefficient (Wildman–Crippen LogP) is 3.81. The molecule has 3 N–H and O–H groups in total. The Morgan fingerprint density at radius 2 is 1.77 bits per heavy atom. The highest BCUT2D eigenvalue weighted by Gasteiger charge is 2.54. The molecule has 4 heterocycles. The first-order chi connectivity index (χ1) is 22.9. The Bertz CT molecular complexity index is 1820. The molecule has 3 atom stereocenters. The minimum Gasteiger partial charge on any atom is -0.448 e. The van der Waals surface area contributed by atoms with Gasteiger partial charge in [-0.2, -0.15) is 0 Å². The number of anilines is 1. The zero-order valence-electron chi connectivity index (χ0n) is 25.3. The summed E-state index contributed by atoms with van der Waals surface area (Å²) in [5.74, 6) is -1.33. The SMILES string of the molecule is C=CC1=C(C(=O)OC(c2ccccc2)c2ccccc2)N2C(=O)C(NC(=O)C=NOC(c3csc(N)n3)c3cccc[n+]3C)[C@@H]2SC1. The van der Waals surface area contributed by atoms with Crippen LogP contribution in [-0.4, -0.2) is 51.1 Å². The fourth-order valence-corrected chi connectivity index (χ4v) is 7.27. The van der Waals surface area contributed by atoms with E-state index in [2.05, 4.69) is 22.0 Å². The molecule has 2 aliphatic rings. The van der Waals surface area contributed by atoms with Crippen LogP contribution in [0, 0.1) is 0 Å². The summed E-state index contributed by atoms with van der Waals surface area (Å²) in [5.41, 5.74) is 9.40. The number of aryl methyl sites for hydroxylation is 1. The number of hydrogen-bond acceptors (Lipinski definition) is 10. The third-order valence-electron chi connectivity index (χ3n) is 7.67. The molecule has 0 bridgehead atoms. The van der Waals surface area contributed by atoms with Crippen LogP contribution in [0.1, 0.15) is 34.7 Å². The second-order valence-electron chi connectivity index (χ2n) is 10.6. The second kappa shape index (κ2) is 14.0. The van der Waals surface area contributed by atoms with E-state index < -0.39 is 41.4 Å². The molecule has 1 saturated heterocycles. The number of rotatable bonds is 11. The average Bonchev–Trinajstić information content (AvgIpc) is 3.54. The van der Waals surface area contributed by atoms with E-state index in [9.17, 15) is 14.4 Å². The topological polar surface area (TPSA) is 140 Å². The van der Waals surface area contributed by atoms with E-state index >= 15 is 0 Å². The number of esters is 1. The Morgan fingerprint density at radius 3 is 2.38 bits per heavy atom. The number of fused-ring (bicyclic) bond motifs is 1. The number of amides is 2. The van der Waals surface area contributed by atoms with Crippen molar-refractivity contribution in [2.24, 2.45) is 12.2 Å². The molecule has 11 nitrogen and oxygen atoms in total. The fourth-order valence-electron chi connectivity index (χ4n) is 5.35. The van der Waals surface area contributed by atoms with Crippen LogP contribution in [0.15, 0.2) is 120 Å². The number of nitrogens with two attached hydrogens (primary N) is 1. The zero-order valence-corrected chi connectivity index (χ0v) is 26.9. The molecule has 0 aliphatic carbocycles. The number of thioether (sulfide) groups is 1. The number of benzene rings is 2. The number of nitrogen functional groups attached to an aromatic ring is 1. The van der Waals surface area contributed by atoms with Crippen molar-refractivity contribution in [2.45, 2.75) is 23.6 Å². The van der Waals surface area contributed by atoms with Gasteiger partial charge in [0.05, 0.1) is 0 Å². The van der Waals surface area contributed by atoms with Gasteiger partial charge in [0.2, 0.25) is 5.69 Å². The van der Waals surface area contributed by atoms with Crippen molar-refractivity contribution >= 4 is 52.2 Å². The fraction of sp³-hybridized carbons (Fsp3) is 0.176. The molecule has 2 unspecified atom stereocenters. The molecule has 0 saturated carbocycles. The molecule has 6 rings (SSSR count). The average molecular weight is 668 g/mol. The number of carbonyl (C=O) groups is 3. The molecule has 1 fully saturated rings. The number of nitrogens with zero attached hydrogens (tertiary/aromatic N) is 4. The summed E-state index contributed by atoms with van der Waals surface area (Å²) in [6.07, 6.45) is 2.97. The third kappa shape index (κ3) is 6.67. The lowest BCUT2D eigenvalue weighted by molar-refractivity contribution is -0.682. The highest BCUT2D eigenvalue weighted by Crippen LogP contribution is 2.42. The van der Waals surface area contributed by atoms with Gasteiger partial charge in [0.15, 0.2) is 17.4 Å². The highest BCUT2D eigenvalue weighted by molar-refractivity contribution is 8.00. The van der Waals surface area contributed by atoms with E-state index in [0.29, 0.717) is 22.2 Å². The van der Waals surface area contributed by atoms with Crippen molar-refractivity contribution in [1.82, 2.24) is 15.2 Å². The second-order valence-corrected chi connectivity index (χ2v) is 12.6. The minimum absolute atomic E-state index is 0.120. The number of β-lactam (4-membered cyclic amide) rings is 1. The Hall–Kier alpha value is -5.27. The van der Waals surface area contributed by atoms with Crippen LogP contribution in [0.5, 0.6) is 0 Å². The molecule has 4 aromatic rings. The molecule has 47 heavy (non-hydrogen) atoms. The van der Waals surface area contributed by atoms with E-state index in [1.807, 2.05) is 96.7 Å². The van der Waals surface area contributed by atoms with Crippen LogP contribution in [0.3, 0.4) is 0 Å². The number of pyridine rings is 1. The Labute approximate surface area is 279 Å². The summed E-state index contributed by atoms with van der Waals surface area (Å²) in [7, 11) is 1.85. The molecule has 0 radical (unpaired) electrons. The van der Waals surface area contributed by atoms with Gasteiger partial charge in [0.1, 0.15) is 36.1 Å². The summed E-state index contributed by atoms with van der Waals surface area (Å²) in [4.78, 5) is 51.6. The number of thiazole rings is 1. The normalized spacial score (nSPS) is 18.0. The van der Waals surface area contributed by atoms with Gasteiger partial charge in [-0.3, -0.25) is 14.5 Å². The number of ether oxygens (including phenoxy) is 1. The van der Waals surface area contributed by atoms with Crippen LogP contribution in [0.2, 0.25) is 0 Å². The molecular formula is C34H31N6O5S2+. The monoisotopic (exact) mass is 667 g/mol. The molecule has 2 aliphatic heterocycles. The van der Waals surface area contributed by atoms with E-state index in [1.165, 1.54) is 28.0 Å². The van der Waals surface area contributed by atoms with Crippen LogP contribution < -0.4 is 15.6 Å². The van der Waals surface area contributed by atoms with E-state index in [1.54, 1.807) is 11.5 Å². The maximum absolute atomic E-state index is 13.8. The van der Waals surface area contributed by atoms with Gasteiger partial charge in [-0.05, 0) is 22.8 Å². The number of nitrogens with one attached hydrogen (secondary N) is 1. The van der Waals surface area contributed by atoms with Gasteiger partial charge in [-0.1, -0.05) is 78.5 Å². The van der Waals surface area contributed by atoms with E-state index in [0.717, 1.165) is 23.0 Å². The van der Waals surface area contributed by atoms with Crippen LogP contribution >= 0.6 is 23.1 Å². The summed E-state index contributed by atoms with van der Waals surface area (Å²) < 4.78 is 7.94. The van der Waals surface area contributed by atoms with Crippen molar-refractivity contribution in [2.75, 3.05) is 11.5 Å². The Balaban J connectivity index is 1.15.